The second kappa shape index (κ2) is 8.26. The molecule has 0 atom stereocenters. The summed E-state index contributed by atoms with van der Waals surface area (Å²) in [7, 11) is 5.65. The summed E-state index contributed by atoms with van der Waals surface area (Å²) in [4.78, 5) is 8.91. The summed E-state index contributed by atoms with van der Waals surface area (Å²) in [6.07, 6.45) is 0. The third kappa shape index (κ3) is 4.91. The first kappa shape index (κ1) is 16.1. The quantitative estimate of drug-likeness (QED) is 0.597. The predicted octanol–water partition coefficient (Wildman–Crippen LogP) is 3.10. The molecule has 0 radical (unpaired) electrons. The van der Waals surface area contributed by atoms with Crippen LogP contribution in [0.1, 0.15) is 4.88 Å². The van der Waals surface area contributed by atoms with Crippen LogP contribution in [-0.2, 0) is 6.54 Å². The van der Waals surface area contributed by atoms with Crippen molar-refractivity contribution in [2.75, 3.05) is 38.4 Å². The molecule has 0 aliphatic heterocycles. The predicted molar refractivity (Wildman–Crippen MR) is 91.9 cm³/mol. The number of aromatic nitrogens is 1. The minimum absolute atomic E-state index is 0.729. The van der Waals surface area contributed by atoms with Crippen LogP contribution in [-0.4, -0.2) is 38.5 Å². The second-order valence-corrected chi connectivity index (χ2v) is 6.89. The standard InChI is InChI=1S/C15H21N3OS2/c1-18(2)15-17-14(19-3)13(21-15)11-16-9-10-20-12-7-5-4-6-8-12/h4-8,16H,9-11H2,1-3H3. The lowest BCUT2D eigenvalue weighted by atomic mass is 10.4. The van der Waals surface area contributed by atoms with Crippen LogP contribution in [0.25, 0.3) is 0 Å². The van der Waals surface area contributed by atoms with Crippen LogP contribution in [0, 0.1) is 0 Å². The number of anilines is 1. The first-order chi connectivity index (χ1) is 10.2. The third-order valence-electron chi connectivity index (χ3n) is 2.80. The Labute approximate surface area is 134 Å². The SMILES string of the molecule is COc1nc(N(C)C)sc1CNCCSc1ccccc1. The second-order valence-electron chi connectivity index (χ2n) is 4.66. The van der Waals surface area contributed by atoms with Gasteiger partial charge in [-0.25, -0.2) is 0 Å². The molecule has 0 aliphatic carbocycles. The highest BCUT2D eigenvalue weighted by molar-refractivity contribution is 7.99. The molecular formula is C15H21N3OS2. The van der Waals surface area contributed by atoms with E-state index in [1.165, 1.54) is 4.90 Å². The van der Waals surface area contributed by atoms with Crippen molar-refractivity contribution in [2.45, 2.75) is 11.4 Å². The molecule has 0 saturated carbocycles. The Kier molecular flexibility index (Phi) is 6.35. The molecule has 1 heterocycles. The Hall–Kier alpha value is -1.24. The van der Waals surface area contributed by atoms with Crippen LogP contribution >= 0.6 is 23.1 Å². The van der Waals surface area contributed by atoms with Gasteiger partial charge in [-0.3, -0.25) is 0 Å². The number of methoxy groups -OCH3 is 1. The van der Waals surface area contributed by atoms with Crippen molar-refractivity contribution in [1.82, 2.24) is 10.3 Å². The fraction of sp³-hybridized carbons (Fsp3) is 0.400. The fourth-order valence-corrected chi connectivity index (χ4v) is 3.50. The summed E-state index contributed by atoms with van der Waals surface area (Å²) in [5.74, 6) is 1.78. The minimum atomic E-state index is 0.729. The van der Waals surface area contributed by atoms with E-state index in [9.17, 15) is 0 Å². The molecule has 21 heavy (non-hydrogen) atoms. The average Bonchev–Trinajstić information content (AvgIpc) is 2.91. The molecule has 0 amide bonds. The Morgan fingerprint density at radius 1 is 1.29 bits per heavy atom. The van der Waals surface area contributed by atoms with E-state index in [4.69, 9.17) is 4.74 Å². The van der Waals surface area contributed by atoms with Gasteiger partial charge in [0, 0.05) is 37.8 Å². The van der Waals surface area contributed by atoms with E-state index in [-0.39, 0.29) is 0 Å². The van der Waals surface area contributed by atoms with Crippen molar-refractivity contribution in [3.8, 4) is 5.88 Å². The zero-order valence-electron chi connectivity index (χ0n) is 12.6. The molecule has 0 bridgehead atoms. The van der Waals surface area contributed by atoms with Gasteiger partial charge in [0.05, 0.1) is 12.0 Å². The molecule has 0 unspecified atom stereocenters. The average molecular weight is 323 g/mol. The number of rotatable bonds is 8. The summed E-state index contributed by atoms with van der Waals surface area (Å²) in [5.41, 5.74) is 0. The highest BCUT2D eigenvalue weighted by atomic mass is 32.2. The lowest BCUT2D eigenvalue weighted by molar-refractivity contribution is 0.395. The van der Waals surface area contributed by atoms with Gasteiger partial charge in [0.15, 0.2) is 5.13 Å². The number of benzene rings is 1. The molecule has 1 aromatic carbocycles. The van der Waals surface area contributed by atoms with E-state index in [1.807, 2.05) is 36.8 Å². The number of nitrogens with zero attached hydrogens (tertiary/aromatic N) is 2. The lowest BCUT2D eigenvalue weighted by Gasteiger charge is -2.05. The maximum absolute atomic E-state index is 5.33. The maximum Gasteiger partial charge on any atom is 0.230 e. The molecule has 2 rings (SSSR count). The van der Waals surface area contributed by atoms with Gasteiger partial charge in [0.25, 0.3) is 0 Å². The van der Waals surface area contributed by atoms with E-state index in [0.717, 1.165) is 34.7 Å². The summed E-state index contributed by atoms with van der Waals surface area (Å²) in [5, 5.41) is 4.42. The van der Waals surface area contributed by atoms with Gasteiger partial charge in [-0.1, -0.05) is 29.5 Å². The van der Waals surface area contributed by atoms with Crippen LogP contribution in [0.15, 0.2) is 35.2 Å². The van der Waals surface area contributed by atoms with Gasteiger partial charge in [0.2, 0.25) is 5.88 Å². The molecule has 4 nitrogen and oxygen atoms in total. The van der Waals surface area contributed by atoms with E-state index in [1.54, 1.807) is 18.4 Å². The van der Waals surface area contributed by atoms with Crippen molar-refractivity contribution in [3.63, 3.8) is 0 Å². The number of thioether (sulfide) groups is 1. The van der Waals surface area contributed by atoms with E-state index < -0.39 is 0 Å². The summed E-state index contributed by atoms with van der Waals surface area (Å²) in [6, 6.07) is 10.5. The number of nitrogens with one attached hydrogen (secondary N) is 1. The van der Waals surface area contributed by atoms with Crippen molar-refractivity contribution >= 4 is 28.2 Å². The Morgan fingerprint density at radius 2 is 2.05 bits per heavy atom. The normalized spacial score (nSPS) is 10.6. The van der Waals surface area contributed by atoms with Crippen LogP contribution in [0.5, 0.6) is 5.88 Å². The van der Waals surface area contributed by atoms with E-state index in [0.29, 0.717) is 0 Å². The van der Waals surface area contributed by atoms with E-state index >= 15 is 0 Å². The molecule has 6 heteroatoms. The number of thiazole rings is 1. The fourth-order valence-electron chi connectivity index (χ4n) is 1.75. The molecule has 0 spiro atoms. The smallest absolute Gasteiger partial charge is 0.230 e. The zero-order valence-corrected chi connectivity index (χ0v) is 14.3. The minimum Gasteiger partial charge on any atom is -0.480 e. The summed E-state index contributed by atoms with van der Waals surface area (Å²) >= 11 is 3.53. The van der Waals surface area contributed by atoms with Gasteiger partial charge < -0.3 is 15.0 Å². The molecule has 1 aromatic heterocycles. The molecule has 114 valence electrons. The maximum atomic E-state index is 5.33. The lowest BCUT2D eigenvalue weighted by Crippen LogP contribution is -2.16. The molecule has 1 N–H and O–H groups in total. The first-order valence-corrected chi connectivity index (χ1v) is 8.60. The van der Waals surface area contributed by atoms with E-state index in [2.05, 4.69) is 34.6 Å². The molecule has 0 saturated heterocycles. The van der Waals surface area contributed by atoms with Gasteiger partial charge in [-0.2, -0.15) is 4.98 Å². The van der Waals surface area contributed by atoms with Crippen LogP contribution < -0.4 is 15.0 Å². The number of hydrogen-bond acceptors (Lipinski definition) is 6. The van der Waals surface area contributed by atoms with Crippen molar-refractivity contribution in [2.24, 2.45) is 0 Å². The van der Waals surface area contributed by atoms with Crippen LogP contribution in [0.2, 0.25) is 0 Å². The first-order valence-electron chi connectivity index (χ1n) is 6.80. The third-order valence-corrected chi connectivity index (χ3v) is 5.02. The number of hydrogen-bond donors (Lipinski definition) is 1. The zero-order chi connectivity index (χ0) is 15.1. The van der Waals surface area contributed by atoms with Crippen LogP contribution in [0.4, 0.5) is 5.13 Å². The Morgan fingerprint density at radius 3 is 2.71 bits per heavy atom. The number of ether oxygens (including phenoxy) is 1. The van der Waals surface area contributed by atoms with Gasteiger partial charge >= 0.3 is 0 Å². The monoisotopic (exact) mass is 323 g/mol. The highest BCUT2D eigenvalue weighted by Gasteiger charge is 2.12. The topological polar surface area (TPSA) is 37.4 Å². The Bertz CT molecular complexity index is 543. The van der Waals surface area contributed by atoms with Gasteiger partial charge in [-0.05, 0) is 12.1 Å². The molecule has 2 aromatic rings. The largest absolute Gasteiger partial charge is 0.480 e. The van der Waals surface area contributed by atoms with Gasteiger partial charge in [0.1, 0.15) is 0 Å². The Balaban J connectivity index is 1.75. The van der Waals surface area contributed by atoms with Crippen molar-refractivity contribution < 1.29 is 4.74 Å². The highest BCUT2D eigenvalue weighted by Crippen LogP contribution is 2.30. The molecule has 0 fully saturated rings. The van der Waals surface area contributed by atoms with Crippen LogP contribution in [0.3, 0.4) is 0 Å². The molecule has 0 aliphatic rings. The molecular weight excluding hydrogens is 302 g/mol. The van der Waals surface area contributed by atoms with Crippen molar-refractivity contribution in [3.05, 3.63) is 35.2 Å². The van der Waals surface area contributed by atoms with Crippen molar-refractivity contribution in [1.29, 1.82) is 0 Å². The van der Waals surface area contributed by atoms with Gasteiger partial charge in [-0.15, -0.1) is 11.8 Å². The summed E-state index contributed by atoms with van der Waals surface area (Å²) in [6.45, 7) is 1.75. The summed E-state index contributed by atoms with van der Waals surface area (Å²) < 4.78 is 5.33.